The van der Waals surface area contributed by atoms with Crippen molar-refractivity contribution in [1.82, 2.24) is 0 Å². The van der Waals surface area contributed by atoms with Crippen LogP contribution in [0.1, 0.15) is 24.5 Å². The van der Waals surface area contributed by atoms with Crippen LogP contribution in [-0.2, 0) is 14.3 Å². The molecule has 0 aromatic heterocycles. The minimum atomic E-state index is -0.928. The van der Waals surface area contributed by atoms with Crippen molar-refractivity contribution in [2.75, 3.05) is 18.1 Å². The van der Waals surface area contributed by atoms with Gasteiger partial charge in [0.25, 0.3) is 5.91 Å². The number of nitrogens with zero attached hydrogens (tertiary/aromatic N) is 3. The van der Waals surface area contributed by atoms with E-state index < -0.39 is 24.6 Å². The number of hydrogen-bond acceptors (Lipinski definition) is 6. The third-order valence-electron chi connectivity index (χ3n) is 4.06. The third-order valence-corrected chi connectivity index (χ3v) is 4.06. The number of anilines is 1. The van der Waals surface area contributed by atoms with E-state index in [1.165, 1.54) is 11.8 Å². The Bertz CT molecular complexity index is 925. The largest absolute Gasteiger partial charge is 0.479 e. The van der Waals surface area contributed by atoms with E-state index in [2.05, 4.69) is 0 Å². The average molecular weight is 391 g/mol. The molecule has 0 spiro atoms. The van der Waals surface area contributed by atoms with Gasteiger partial charge in [-0.2, -0.15) is 10.5 Å². The Hall–Kier alpha value is -3.84. The second kappa shape index (κ2) is 10.5. The van der Waals surface area contributed by atoms with Crippen LogP contribution >= 0.6 is 0 Å². The first-order chi connectivity index (χ1) is 13.9. The molecule has 0 saturated carbocycles. The van der Waals surface area contributed by atoms with Gasteiger partial charge in [-0.25, -0.2) is 4.79 Å². The molecule has 0 aliphatic carbocycles. The Labute approximate surface area is 169 Å². The van der Waals surface area contributed by atoms with Gasteiger partial charge in [0, 0.05) is 12.2 Å². The molecule has 0 saturated heterocycles. The number of benzene rings is 2. The fraction of sp³-hybridized carbons (Fsp3) is 0.273. The molecule has 1 atom stereocenters. The first kappa shape index (κ1) is 21.5. The van der Waals surface area contributed by atoms with E-state index in [9.17, 15) is 9.59 Å². The van der Waals surface area contributed by atoms with Crippen molar-refractivity contribution in [3.8, 4) is 17.9 Å². The Morgan fingerprint density at radius 1 is 1.07 bits per heavy atom. The summed E-state index contributed by atoms with van der Waals surface area (Å²) in [5, 5.41) is 17.6. The molecule has 0 N–H and O–H groups in total. The van der Waals surface area contributed by atoms with E-state index in [1.54, 1.807) is 36.4 Å². The minimum absolute atomic E-state index is 0.159. The molecule has 0 heterocycles. The topological polar surface area (TPSA) is 103 Å². The number of carbonyl (C=O) groups is 2. The molecule has 0 unspecified atom stereocenters. The molecule has 29 heavy (non-hydrogen) atoms. The third kappa shape index (κ3) is 6.37. The van der Waals surface area contributed by atoms with Gasteiger partial charge in [-0.05, 0) is 50.2 Å². The highest BCUT2D eigenvalue weighted by Gasteiger charge is 2.21. The lowest BCUT2D eigenvalue weighted by Gasteiger charge is -2.22. The van der Waals surface area contributed by atoms with E-state index in [4.69, 9.17) is 20.0 Å². The number of rotatable bonds is 8. The number of aryl methyl sites for hydroxylation is 1. The quantitative estimate of drug-likeness (QED) is 0.641. The van der Waals surface area contributed by atoms with Gasteiger partial charge in [0.15, 0.2) is 12.7 Å². The highest BCUT2D eigenvalue weighted by atomic mass is 16.6. The van der Waals surface area contributed by atoms with Crippen molar-refractivity contribution in [3.63, 3.8) is 0 Å². The van der Waals surface area contributed by atoms with Crippen molar-refractivity contribution >= 4 is 17.6 Å². The molecular weight excluding hydrogens is 370 g/mol. The summed E-state index contributed by atoms with van der Waals surface area (Å²) >= 11 is 0. The van der Waals surface area contributed by atoms with Crippen LogP contribution in [0, 0.1) is 29.6 Å². The lowest BCUT2D eigenvalue weighted by molar-refractivity contribution is -0.154. The lowest BCUT2D eigenvalue weighted by Crippen LogP contribution is -2.37. The molecule has 0 aliphatic heterocycles. The van der Waals surface area contributed by atoms with Crippen LogP contribution in [0.25, 0.3) is 0 Å². The van der Waals surface area contributed by atoms with E-state index in [0.717, 1.165) is 5.56 Å². The van der Waals surface area contributed by atoms with E-state index in [-0.39, 0.29) is 13.0 Å². The van der Waals surface area contributed by atoms with E-state index in [0.29, 0.717) is 17.0 Å². The zero-order chi connectivity index (χ0) is 21.2. The van der Waals surface area contributed by atoms with Gasteiger partial charge in [-0.3, -0.25) is 4.79 Å². The Balaban J connectivity index is 1.94. The van der Waals surface area contributed by atoms with Crippen molar-refractivity contribution < 1.29 is 19.1 Å². The summed E-state index contributed by atoms with van der Waals surface area (Å²) < 4.78 is 10.6. The Kier molecular flexibility index (Phi) is 7.76. The SMILES string of the molecule is Cc1ccc(N(CCC#N)C(=O)COC(=O)[C@@H](C)Oc2ccc(C#N)cc2)cc1. The van der Waals surface area contributed by atoms with Gasteiger partial charge in [0.2, 0.25) is 0 Å². The molecule has 7 nitrogen and oxygen atoms in total. The van der Waals surface area contributed by atoms with Gasteiger partial charge >= 0.3 is 5.97 Å². The Morgan fingerprint density at radius 2 is 1.72 bits per heavy atom. The van der Waals surface area contributed by atoms with Crippen molar-refractivity contribution in [1.29, 1.82) is 10.5 Å². The summed E-state index contributed by atoms with van der Waals surface area (Å²) in [5.74, 6) is -0.704. The molecule has 0 bridgehead atoms. The summed E-state index contributed by atoms with van der Waals surface area (Å²) in [6.45, 7) is 3.19. The molecule has 0 fully saturated rings. The summed E-state index contributed by atoms with van der Waals surface area (Å²) in [7, 11) is 0. The number of ether oxygens (including phenoxy) is 2. The summed E-state index contributed by atoms with van der Waals surface area (Å²) in [6.07, 6.45) is -0.770. The van der Waals surface area contributed by atoms with Gasteiger partial charge in [-0.15, -0.1) is 0 Å². The highest BCUT2D eigenvalue weighted by molar-refractivity contribution is 5.95. The fourth-order valence-electron chi connectivity index (χ4n) is 2.47. The molecular formula is C22H21N3O4. The van der Waals surface area contributed by atoms with Gasteiger partial charge in [0.05, 0.1) is 24.1 Å². The number of nitriles is 2. The number of esters is 1. The van der Waals surface area contributed by atoms with Gasteiger partial charge < -0.3 is 14.4 Å². The average Bonchev–Trinajstić information content (AvgIpc) is 2.73. The lowest BCUT2D eigenvalue weighted by atomic mass is 10.2. The number of carbonyl (C=O) groups excluding carboxylic acids is 2. The van der Waals surface area contributed by atoms with E-state index in [1.807, 2.05) is 31.2 Å². The number of hydrogen-bond donors (Lipinski definition) is 0. The number of amides is 1. The standard InChI is InChI=1S/C22H21N3O4/c1-16-4-8-19(9-5-16)25(13-3-12-23)21(26)15-28-22(27)17(2)29-20-10-6-18(14-24)7-11-20/h4-11,17H,3,13,15H2,1-2H3/t17-/m1/s1. The molecule has 2 aromatic carbocycles. The van der Waals surface area contributed by atoms with Crippen LogP contribution in [0.4, 0.5) is 5.69 Å². The van der Waals surface area contributed by atoms with Crippen LogP contribution in [0.2, 0.25) is 0 Å². The van der Waals surface area contributed by atoms with E-state index >= 15 is 0 Å². The van der Waals surface area contributed by atoms with Crippen LogP contribution in [-0.4, -0.2) is 31.1 Å². The fourth-order valence-corrected chi connectivity index (χ4v) is 2.47. The molecule has 2 rings (SSSR count). The van der Waals surface area contributed by atoms with Crippen molar-refractivity contribution in [2.45, 2.75) is 26.4 Å². The predicted octanol–water partition coefficient (Wildman–Crippen LogP) is 3.12. The maximum absolute atomic E-state index is 12.6. The van der Waals surface area contributed by atoms with Gasteiger partial charge in [-0.1, -0.05) is 17.7 Å². The highest BCUT2D eigenvalue weighted by Crippen LogP contribution is 2.17. The minimum Gasteiger partial charge on any atom is -0.479 e. The Morgan fingerprint density at radius 3 is 2.31 bits per heavy atom. The molecule has 0 aliphatic rings. The van der Waals surface area contributed by atoms with Crippen LogP contribution in [0.3, 0.4) is 0 Å². The molecule has 0 radical (unpaired) electrons. The molecule has 2 aromatic rings. The van der Waals surface area contributed by atoms with Crippen LogP contribution in [0.15, 0.2) is 48.5 Å². The second-order valence-electron chi connectivity index (χ2n) is 6.29. The smallest absolute Gasteiger partial charge is 0.347 e. The molecule has 1 amide bonds. The maximum atomic E-state index is 12.6. The zero-order valence-electron chi connectivity index (χ0n) is 16.3. The predicted molar refractivity (Wildman–Crippen MR) is 106 cm³/mol. The first-order valence-electron chi connectivity index (χ1n) is 9.02. The van der Waals surface area contributed by atoms with Crippen molar-refractivity contribution in [3.05, 3.63) is 59.7 Å². The molecule has 7 heteroatoms. The zero-order valence-corrected chi connectivity index (χ0v) is 16.3. The maximum Gasteiger partial charge on any atom is 0.347 e. The molecule has 148 valence electrons. The summed E-state index contributed by atoms with van der Waals surface area (Å²) in [6, 6.07) is 17.6. The monoisotopic (exact) mass is 391 g/mol. The summed E-state index contributed by atoms with van der Waals surface area (Å²) in [4.78, 5) is 26.1. The van der Waals surface area contributed by atoms with Crippen LogP contribution in [0.5, 0.6) is 5.75 Å². The van der Waals surface area contributed by atoms with Crippen molar-refractivity contribution in [2.24, 2.45) is 0 Å². The van der Waals surface area contributed by atoms with Gasteiger partial charge in [0.1, 0.15) is 5.75 Å². The normalized spacial score (nSPS) is 10.9. The first-order valence-corrected chi connectivity index (χ1v) is 9.02. The van der Waals surface area contributed by atoms with Crippen LogP contribution < -0.4 is 9.64 Å². The summed E-state index contributed by atoms with van der Waals surface area (Å²) in [5.41, 5.74) is 2.15. The second-order valence-corrected chi connectivity index (χ2v) is 6.29.